The summed E-state index contributed by atoms with van der Waals surface area (Å²) in [6.45, 7) is 5.16. The van der Waals surface area contributed by atoms with Crippen LogP contribution < -0.4 is 5.73 Å². The SMILES string of the molecule is CC1CCC(CN)(CN(C)Cc2nccn2C)CC1. The molecule has 1 fully saturated rings. The molecule has 2 rings (SSSR count). The molecule has 1 heterocycles. The Morgan fingerprint density at radius 1 is 1.47 bits per heavy atom. The van der Waals surface area contributed by atoms with Crippen molar-refractivity contribution < 1.29 is 0 Å². The van der Waals surface area contributed by atoms with Crippen LogP contribution in [0.25, 0.3) is 0 Å². The zero-order valence-electron chi connectivity index (χ0n) is 12.6. The Kier molecular flexibility index (Phi) is 4.63. The topological polar surface area (TPSA) is 47.1 Å². The summed E-state index contributed by atoms with van der Waals surface area (Å²) in [5, 5.41) is 0. The van der Waals surface area contributed by atoms with E-state index in [9.17, 15) is 0 Å². The molecule has 1 saturated carbocycles. The van der Waals surface area contributed by atoms with Gasteiger partial charge in [0.15, 0.2) is 0 Å². The normalized spacial score (nSPS) is 27.9. The fourth-order valence-corrected chi connectivity index (χ4v) is 3.22. The van der Waals surface area contributed by atoms with E-state index in [1.165, 1.54) is 25.7 Å². The van der Waals surface area contributed by atoms with Gasteiger partial charge in [-0.25, -0.2) is 4.98 Å². The Bertz CT molecular complexity index is 391. The van der Waals surface area contributed by atoms with Crippen molar-refractivity contribution in [1.29, 1.82) is 0 Å². The van der Waals surface area contributed by atoms with Crippen molar-refractivity contribution in [3.8, 4) is 0 Å². The van der Waals surface area contributed by atoms with Gasteiger partial charge < -0.3 is 10.3 Å². The molecule has 0 unspecified atom stereocenters. The molecule has 108 valence electrons. The third kappa shape index (κ3) is 3.57. The molecule has 4 nitrogen and oxygen atoms in total. The van der Waals surface area contributed by atoms with E-state index in [2.05, 4.69) is 35.5 Å². The third-order valence-corrected chi connectivity index (χ3v) is 4.71. The van der Waals surface area contributed by atoms with Gasteiger partial charge in [-0.05, 0) is 37.8 Å². The summed E-state index contributed by atoms with van der Waals surface area (Å²) in [7, 11) is 4.24. The number of nitrogens with two attached hydrogens (primary N) is 1. The second-order valence-electron chi connectivity index (χ2n) is 6.51. The van der Waals surface area contributed by atoms with Crippen LogP contribution in [0.2, 0.25) is 0 Å². The summed E-state index contributed by atoms with van der Waals surface area (Å²) in [5.74, 6) is 2.00. The van der Waals surface area contributed by atoms with E-state index >= 15 is 0 Å². The summed E-state index contributed by atoms with van der Waals surface area (Å²) >= 11 is 0. The minimum Gasteiger partial charge on any atom is -0.337 e. The zero-order chi connectivity index (χ0) is 13.9. The van der Waals surface area contributed by atoms with Crippen molar-refractivity contribution in [3.05, 3.63) is 18.2 Å². The molecule has 0 aromatic carbocycles. The van der Waals surface area contributed by atoms with Crippen molar-refractivity contribution >= 4 is 0 Å². The highest BCUT2D eigenvalue weighted by atomic mass is 15.2. The zero-order valence-corrected chi connectivity index (χ0v) is 12.6. The minimum absolute atomic E-state index is 0.326. The first-order valence-electron chi connectivity index (χ1n) is 7.39. The van der Waals surface area contributed by atoms with Crippen LogP contribution in [0.4, 0.5) is 0 Å². The first kappa shape index (κ1) is 14.5. The quantitative estimate of drug-likeness (QED) is 0.885. The highest BCUT2D eigenvalue weighted by molar-refractivity contribution is 4.93. The van der Waals surface area contributed by atoms with E-state index < -0.39 is 0 Å². The highest BCUT2D eigenvalue weighted by Gasteiger charge is 2.33. The number of hydrogen-bond donors (Lipinski definition) is 1. The molecule has 0 radical (unpaired) electrons. The van der Waals surface area contributed by atoms with Gasteiger partial charge in [-0.15, -0.1) is 0 Å². The van der Waals surface area contributed by atoms with Crippen molar-refractivity contribution in [2.75, 3.05) is 20.1 Å². The first-order chi connectivity index (χ1) is 9.04. The average molecular weight is 264 g/mol. The lowest BCUT2D eigenvalue weighted by Gasteiger charge is -2.41. The molecule has 0 amide bonds. The second-order valence-corrected chi connectivity index (χ2v) is 6.51. The summed E-state index contributed by atoms with van der Waals surface area (Å²) < 4.78 is 2.09. The van der Waals surface area contributed by atoms with Crippen molar-refractivity contribution in [1.82, 2.24) is 14.5 Å². The Balaban J connectivity index is 1.93. The van der Waals surface area contributed by atoms with Gasteiger partial charge in [0.1, 0.15) is 5.82 Å². The number of hydrogen-bond acceptors (Lipinski definition) is 3. The molecule has 1 aromatic heterocycles. The lowest BCUT2D eigenvalue weighted by molar-refractivity contribution is 0.103. The van der Waals surface area contributed by atoms with Gasteiger partial charge in [-0.3, -0.25) is 4.90 Å². The van der Waals surface area contributed by atoms with E-state index in [0.29, 0.717) is 5.41 Å². The maximum absolute atomic E-state index is 6.09. The lowest BCUT2D eigenvalue weighted by Crippen LogP contribution is -2.43. The predicted molar refractivity (Wildman–Crippen MR) is 78.7 cm³/mol. The minimum atomic E-state index is 0.326. The molecule has 0 spiro atoms. The van der Waals surface area contributed by atoms with Gasteiger partial charge in [0.25, 0.3) is 0 Å². The van der Waals surface area contributed by atoms with Crippen LogP contribution in [0, 0.1) is 11.3 Å². The first-order valence-corrected chi connectivity index (χ1v) is 7.39. The molecule has 2 N–H and O–H groups in total. The molecule has 0 aliphatic heterocycles. The molecule has 1 aromatic rings. The van der Waals surface area contributed by atoms with Crippen LogP contribution in [0.15, 0.2) is 12.4 Å². The van der Waals surface area contributed by atoms with Crippen molar-refractivity contribution in [2.24, 2.45) is 24.1 Å². The summed E-state index contributed by atoms with van der Waals surface area (Å²) in [6, 6.07) is 0. The summed E-state index contributed by atoms with van der Waals surface area (Å²) in [5.41, 5.74) is 6.41. The van der Waals surface area contributed by atoms with E-state index in [4.69, 9.17) is 5.73 Å². The molecular formula is C15H28N4. The summed E-state index contributed by atoms with van der Waals surface area (Å²) in [6.07, 6.45) is 9.07. The fraction of sp³-hybridized carbons (Fsp3) is 0.800. The molecule has 1 aliphatic carbocycles. The van der Waals surface area contributed by atoms with Gasteiger partial charge >= 0.3 is 0 Å². The van der Waals surface area contributed by atoms with Gasteiger partial charge in [0, 0.05) is 26.0 Å². The lowest BCUT2D eigenvalue weighted by atomic mass is 9.70. The van der Waals surface area contributed by atoms with Crippen LogP contribution in [0.5, 0.6) is 0 Å². The van der Waals surface area contributed by atoms with E-state index in [1.807, 2.05) is 12.4 Å². The molecule has 19 heavy (non-hydrogen) atoms. The molecule has 0 atom stereocenters. The average Bonchev–Trinajstić information content (AvgIpc) is 2.78. The monoisotopic (exact) mass is 264 g/mol. The molecular weight excluding hydrogens is 236 g/mol. The predicted octanol–water partition coefficient (Wildman–Crippen LogP) is 2.01. The van der Waals surface area contributed by atoms with Crippen LogP contribution in [-0.2, 0) is 13.6 Å². The van der Waals surface area contributed by atoms with Crippen molar-refractivity contribution in [3.63, 3.8) is 0 Å². The Morgan fingerprint density at radius 3 is 2.68 bits per heavy atom. The van der Waals surface area contributed by atoms with E-state index in [0.717, 1.165) is 31.4 Å². The van der Waals surface area contributed by atoms with E-state index in [1.54, 1.807) is 0 Å². The van der Waals surface area contributed by atoms with Crippen LogP contribution in [0.1, 0.15) is 38.4 Å². The summed E-state index contributed by atoms with van der Waals surface area (Å²) in [4.78, 5) is 6.78. The smallest absolute Gasteiger partial charge is 0.122 e. The van der Waals surface area contributed by atoms with Gasteiger partial charge in [0.2, 0.25) is 0 Å². The van der Waals surface area contributed by atoms with Crippen molar-refractivity contribution in [2.45, 2.75) is 39.2 Å². The standard InChI is InChI=1S/C15H28N4/c1-13-4-6-15(11-16,7-5-13)12-18(2)10-14-17-8-9-19(14)3/h8-9,13H,4-7,10-12,16H2,1-3H3. The number of rotatable bonds is 5. The van der Waals surface area contributed by atoms with Gasteiger partial charge in [0.05, 0.1) is 6.54 Å². The Labute approximate surface area is 117 Å². The number of nitrogens with zero attached hydrogens (tertiary/aromatic N) is 3. The van der Waals surface area contributed by atoms with Crippen LogP contribution in [-0.4, -0.2) is 34.6 Å². The van der Waals surface area contributed by atoms with Crippen LogP contribution >= 0.6 is 0 Å². The number of aryl methyl sites for hydroxylation is 1. The number of imidazole rings is 1. The molecule has 1 aliphatic rings. The second kappa shape index (κ2) is 6.06. The Hall–Kier alpha value is -0.870. The fourth-order valence-electron chi connectivity index (χ4n) is 3.22. The van der Waals surface area contributed by atoms with E-state index in [-0.39, 0.29) is 0 Å². The third-order valence-electron chi connectivity index (χ3n) is 4.71. The van der Waals surface area contributed by atoms with Crippen LogP contribution in [0.3, 0.4) is 0 Å². The molecule has 0 saturated heterocycles. The highest BCUT2D eigenvalue weighted by Crippen LogP contribution is 2.38. The Morgan fingerprint density at radius 2 is 2.16 bits per heavy atom. The molecule has 0 bridgehead atoms. The van der Waals surface area contributed by atoms with Gasteiger partial charge in [-0.1, -0.05) is 19.8 Å². The number of aromatic nitrogens is 2. The molecule has 4 heteroatoms. The van der Waals surface area contributed by atoms with Gasteiger partial charge in [-0.2, -0.15) is 0 Å². The maximum atomic E-state index is 6.09. The largest absolute Gasteiger partial charge is 0.337 e. The maximum Gasteiger partial charge on any atom is 0.122 e.